The maximum atomic E-state index is 12.5. The van der Waals surface area contributed by atoms with Crippen LogP contribution in [0.25, 0.3) is 0 Å². The van der Waals surface area contributed by atoms with Crippen molar-refractivity contribution in [3.05, 3.63) is 29.3 Å². The summed E-state index contributed by atoms with van der Waals surface area (Å²) >= 11 is 0. The van der Waals surface area contributed by atoms with Gasteiger partial charge in [0.15, 0.2) is 0 Å². The second-order valence-corrected chi connectivity index (χ2v) is 5.17. The number of hydrogen-bond acceptors (Lipinski definition) is 3. The Morgan fingerprint density at radius 2 is 2.05 bits per heavy atom. The van der Waals surface area contributed by atoms with E-state index in [0.717, 1.165) is 29.9 Å². The minimum Gasteiger partial charge on any atom is -0.395 e. The van der Waals surface area contributed by atoms with Gasteiger partial charge in [-0.25, -0.2) is 0 Å². The molecule has 0 unspecified atom stereocenters. The fourth-order valence-electron chi connectivity index (χ4n) is 2.51. The summed E-state index contributed by atoms with van der Waals surface area (Å²) in [6, 6.07) is 6.04. The number of aliphatic hydroxyl groups excluding tert-OH is 1. The Balaban J connectivity index is 2.31. The van der Waals surface area contributed by atoms with E-state index in [-0.39, 0.29) is 12.5 Å². The van der Waals surface area contributed by atoms with Crippen LogP contribution in [0.5, 0.6) is 0 Å². The van der Waals surface area contributed by atoms with Gasteiger partial charge in [-0.2, -0.15) is 0 Å². The van der Waals surface area contributed by atoms with Crippen LogP contribution >= 0.6 is 0 Å². The van der Waals surface area contributed by atoms with E-state index in [9.17, 15) is 4.79 Å². The maximum absolute atomic E-state index is 12.5. The second kappa shape index (κ2) is 6.06. The van der Waals surface area contributed by atoms with Gasteiger partial charge in [0.05, 0.1) is 12.2 Å². The smallest absolute Gasteiger partial charge is 0.255 e. The van der Waals surface area contributed by atoms with Crippen molar-refractivity contribution in [3.63, 3.8) is 0 Å². The number of aryl methyl sites for hydroxylation is 1. The zero-order chi connectivity index (χ0) is 13.8. The van der Waals surface area contributed by atoms with Crippen molar-refractivity contribution in [1.82, 2.24) is 4.90 Å². The van der Waals surface area contributed by atoms with Crippen molar-refractivity contribution >= 4 is 11.6 Å². The van der Waals surface area contributed by atoms with Crippen LogP contribution in [0, 0.1) is 6.92 Å². The van der Waals surface area contributed by atoms with Gasteiger partial charge in [0.1, 0.15) is 0 Å². The number of aliphatic hydroxyl groups is 1. The Labute approximate surface area is 114 Å². The predicted molar refractivity (Wildman–Crippen MR) is 76.7 cm³/mol. The van der Waals surface area contributed by atoms with E-state index in [1.165, 1.54) is 12.8 Å². The molecule has 1 fully saturated rings. The van der Waals surface area contributed by atoms with Crippen molar-refractivity contribution in [2.24, 2.45) is 0 Å². The monoisotopic (exact) mass is 262 g/mol. The number of benzene rings is 1. The lowest BCUT2D eigenvalue weighted by Gasteiger charge is -2.24. The molecule has 104 valence electrons. The Kier molecular flexibility index (Phi) is 4.43. The third-order valence-electron chi connectivity index (χ3n) is 3.61. The van der Waals surface area contributed by atoms with E-state index in [0.29, 0.717) is 6.54 Å². The van der Waals surface area contributed by atoms with Crippen molar-refractivity contribution in [3.8, 4) is 0 Å². The lowest BCUT2D eigenvalue weighted by molar-refractivity contribution is 0.0767. The lowest BCUT2D eigenvalue weighted by atomic mass is 10.1. The van der Waals surface area contributed by atoms with Gasteiger partial charge < -0.3 is 14.9 Å². The first-order valence-electron chi connectivity index (χ1n) is 6.85. The predicted octanol–water partition coefficient (Wildman–Crippen LogP) is 1.66. The summed E-state index contributed by atoms with van der Waals surface area (Å²) in [4.78, 5) is 16.3. The van der Waals surface area contributed by atoms with E-state index in [1.54, 1.807) is 11.9 Å². The van der Waals surface area contributed by atoms with Gasteiger partial charge in [-0.1, -0.05) is 11.6 Å². The normalized spacial score (nSPS) is 14.8. The number of likely N-dealkylation sites (N-methyl/N-ethyl adjacent to an activating group) is 1. The largest absolute Gasteiger partial charge is 0.395 e. The summed E-state index contributed by atoms with van der Waals surface area (Å²) in [5.74, 6) is -0.0142. The molecule has 1 aromatic rings. The van der Waals surface area contributed by atoms with Crippen molar-refractivity contribution < 1.29 is 9.90 Å². The van der Waals surface area contributed by atoms with Gasteiger partial charge in [-0.05, 0) is 31.9 Å². The van der Waals surface area contributed by atoms with Gasteiger partial charge in [0, 0.05) is 32.4 Å². The molecule has 1 aromatic carbocycles. The fourth-order valence-corrected chi connectivity index (χ4v) is 2.51. The molecule has 0 radical (unpaired) electrons. The lowest BCUT2D eigenvalue weighted by Crippen LogP contribution is -2.31. The van der Waals surface area contributed by atoms with E-state index >= 15 is 0 Å². The third kappa shape index (κ3) is 3.07. The highest BCUT2D eigenvalue weighted by atomic mass is 16.3. The Bertz CT molecular complexity index is 453. The number of anilines is 1. The zero-order valence-electron chi connectivity index (χ0n) is 11.7. The first-order valence-corrected chi connectivity index (χ1v) is 6.85. The molecule has 19 heavy (non-hydrogen) atoms. The van der Waals surface area contributed by atoms with Crippen molar-refractivity contribution in [2.75, 3.05) is 38.2 Å². The van der Waals surface area contributed by atoms with Crippen LogP contribution in [0.2, 0.25) is 0 Å². The first-order chi connectivity index (χ1) is 9.13. The number of hydrogen-bond donors (Lipinski definition) is 1. The molecular formula is C15H22N2O2. The molecule has 0 aliphatic carbocycles. The summed E-state index contributed by atoms with van der Waals surface area (Å²) in [7, 11) is 1.73. The molecule has 1 saturated heterocycles. The SMILES string of the molecule is Cc1ccc(N2CCCC2)c(C(=O)N(C)CCO)c1. The van der Waals surface area contributed by atoms with Crippen molar-refractivity contribution in [2.45, 2.75) is 19.8 Å². The fraction of sp³-hybridized carbons (Fsp3) is 0.533. The highest BCUT2D eigenvalue weighted by molar-refractivity contribution is 6.00. The van der Waals surface area contributed by atoms with E-state index in [2.05, 4.69) is 11.0 Å². The molecule has 4 heteroatoms. The van der Waals surface area contributed by atoms with E-state index < -0.39 is 0 Å². The molecule has 0 atom stereocenters. The van der Waals surface area contributed by atoms with Crippen molar-refractivity contribution in [1.29, 1.82) is 0 Å². The highest BCUT2D eigenvalue weighted by Crippen LogP contribution is 2.26. The summed E-state index contributed by atoms with van der Waals surface area (Å²) in [5, 5.41) is 8.96. The number of rotatable bonds is 4. The van der Waals surface area contributed by atoms with Gasteiger partial charge in [-0.15, -0.1) is 0 Å². The Morgan fingerprint density at radius 1 is 1.37 bits per heavy atom. The molecule has 1 aliphatic rings. The second-order valence-electron chi connectivity index (χ2n) is 5.17. The number of carbonyl (C=O) groups excluding carboxylic acids is 1. The standard InChI is InChI=1S/C15H22N2O2/c1-12-5-6-14(17-7-3-4-8-17)13(11-12)15(19)16(2)9-10-18/h5-6,11,18H,3-4,7-10H2,1-2H3. The molecule has 2 rings (SSSR count). The van der Waals surface area contributed by atoms with Crippen LogP contribution in [-0.4, -0.2) is 49.2 Å². The Hall–Kier alpha value is -1.55. The molecule has 0 bridgehead atoms. The third-order valence-corrected chi connectivity index (χ3v) is 3.61. The minimum absolute atomic E-state index is 0.00684. The van der Waals surface area contributed by atoms with Crippen LogP contribution in [0.1, 0.15) is 28.8 Å². The molecule has 1 amide bonds. The average molecular weight is 262 g/mol. The highest BCUT2D eigenvalue weighted by Gasteiger charge is 2.21. The van der Waals surface area contributed by atoms with Crippen LogP contribution in [0.4, 0.5) is 5.69 Å². The van der Waals surface area contributed by atoms with E-state index in [1.807, 2.05) is 19.1 Å². The van der Waals surface area contributed by atoms with Crippen LogP contribution < -0.4 is 4.90 Å². The number of nitrogens with zero attached hydrogens (tertiary/aromatic N) is 2. The minimum atomic E-state index is -0.0142. The number of carbonyl (C=O) groups is 1. The Morgan fingerprint density at radius 3 is 2.68 bits per heavy atom. The zero-order valence-corrected chi connectivity index (χ0v) is 11.7. The summed E-state index contributed by atoms with van der Waals surface area (Å²) < 4.78 is 0. The average Bonchev–Trinajstić information content (AvgIpc) is 2.92. The molecular weight excluding hydrogens is 240 g/mol. The molecule has 1 aliphatic heterocycles. The summed E-state index contributed by atoms with van der Waals surface area (Å²) in [6.45, 7) is 4.40. The van der Waals surface area contributed by atoms with Gasteiger partial charge in [-0.3, -0.25) is 4.79 Å². The molecule has 4 nitrogen and oxygen atoms in total. The quantitative estimate of drug-likeness (QED) is 0.897. The summed E-state index contributed by atoms with van der Waals surface area (Å²) in [5.41, 5.74) is 2.86. The van der Waals surface area contributed by atoms with Gasteiger partial charge in [0.2, 0.25) is 0 Å². The van der Waals surface area contributed by atoms with Gasteiger partial charge in [0.25, 0.3) is 5.91 Å². The molecule has 0 saturated carbocycles. The van der Waals surface area contributed by atoms with E-state index in [4.69, 9.17) is 5.11 Å². The van der Waals surface area contributed by atoms with Crippen LogP contribution in [0.15, 0.2) is 18.2 Å². The molecule has 1 N–H and O–H groups in total. The number of amides is 1. The van der Waals surface area contributed by atoms with Crippen LogP contribution in [-0.2, 0) is 0 Å². The molecule has 0 spiro atoms. The first kappa shape index (κ1) is 13.9. The van der Waals surface area contributed by atoms with Crippen LogP contribution in [0.3, 0.4) is 0 Å². The molecule has 0 aromatic heterocycles. The topological polar surface area (TPSA) is 43.8 Å². The summed E-state index contributed by atoms with van der Waals surface area (Å²) in [6.07, 6.45) is 2.38. The molecule has 1 heterocycles. The maximum Gasteiger partial charge on any atom is 0.255 e. The van der Waals surface area contributed by atoms with Gasteiger partial charge >= 0.3 is 0 Å².